The van der Waals surface area contributed by atoms with E-state index in [4.69, 9.17) is 10.5 Å². The average Bonchev–Trinajstić information content (AvgIpc) is 2.27. The Kier molecular flexibility index (Phi) is 5.42. The third-order valence-corrected chi connectivity index (χ3v) is 2.64. The molecule has 0 amide bonds. The van der Waals surface area contributed by atoms with E-state index in [-0.39, 0.29) is 6.10 Å². The molecule has 96 valence electrons. The first-order valence-electron chi connectivity index (χ1n) is 6.41. The van der Waals surface area contributed by atoms with Gasteiger partial charge in [0.2, 0.25) is 5.88 Å². The normalized spacial score (nSPS) is 12.8. The number of nitrogens with zero attached hydrogens (tertiary/aromatic N) is 1. The van der Waals surface area contributed by atoms with E-state index in [1.54, 1.807) is 0 Å². The standard InChI is InChI=1S/C14H24N2O/c1-5-13-7-12(9-15)8-14(16-13)17-11(4)6-10(2)3/h7-8,10-11H,5-6,9,15H2,1-4H3. The number of ether oxygens (including phenoxy) is 1. The molecule has 1 aromatic heterocycles. The van der Waals surface area contributed by atoms with Crippen LogP contribution >= 0.6 is 0 Å². The minimum atomic E-state index is 0.195. The second-order valence-corrected chi connectivity index (χ2v) is 4.92. The zero-order chi connectivity index (χ0) is 12.8. The number of rotatable bonds is 6. The molecular formula is C14H24N2O. The van der Waals surface area contributed by atoms with Crippen LogP contribution in [0.4, 0.5) is 0 Å². The lowest BCUT2D eigenvalue weighted by molar-refractivity contribution is 0.185. The van der Waals surface area contributed by atoms with E-state index in [2.05, 4.69) is 32.7 Å². The van der Waals surface area contributed by atoms with Crippen LogP contribution in [0.15, 0.2) is 12.1 Å². The molecule has 0 fully saturated rings. The van der Waals surface area contributed by atoms with Crippen LogP contribution in [-0.4, -0.2) is 11.1 Å². The number of nitrogens with two attached hydrogens (primary N) is 1. The molecule has 0 aliphatic rings. The minimum Gasteiger partial charge on any atom is -0.475 e. The van der Waals surface area contributed by atoms with Crippen molar-refractivity contribution in [1.82, 2.24) is 4.98 Å². The van der Waals surface area contributed by atoms with Gasteiger partial charge < -0.3 is 10.5 Å². The van der Waals surface area contributed by atoms with Crippen molar-refractivity contribution in [2.45, 2.75) is 53.2 Å². The highest BCUT2D eigenvalue weighted by atomic mass is 16.5. The van der Waals surface area contributed by atoms with E-state index in [1.807, 2.05) is 12.1 Å². The monoisotopic (exact) mass is 236 g/mol. The van der Waals surface area contributed by atoms with Crippen molar-refractivity contribution in [3.63, 3.8) is 0 Å². The Hall–Kier alpha value is -1.09. The van der Waals surface area contributed by atoms with E-state index >= 15 is 0 Å². The third-order valence-electron chi connectivity index (χ3n) is 2.64. The molecule has 0 aliphatic carbocycles. The largest absolute Gasteiger partial charge is 0.475 e. The Balaban J connectivity index is 2.75. The second kappa shape index (κ2) is 6.60. The Morgan fingerprint density at radius 1 is 1.29 bits per heavy atom. The van der Waals surface area contributed by atoms with Gasteiger partial charge in [-0.15, -0.1) is 0 Å². The maximum Gasteiger partial charge on any atom is 0.214 e. The van der Waals surface area contributed by atoms with Gasteiger partial charge in [0.15, 0.2) is 0 Å². The Morgan fingerprint density at radius 3 is 2.53 bits per heavy atom. The summed E-state index contributed by atoms with van der Waals surface area (Å²) in [6, 6.07) is 3.98. The molecule has 0 radical (unpaired) electrons. The van der Waals surface area contributed by atoms with Gasteiger partial charge in [-0.05, 0) is 37.3 Å². The van der Waals surface area contributed by atoms with E-state index in [9.17, 15) is 0 Å². The van der Waals surface area contributed by atoms with Gasteiger partial charge >= 0.3 is 0 Å². The minimum absolute atomic E-state index is 0.195. The van der Waals surface area contributed by atoms with E-state index < -0.39 is 0 Å². The van der Waals surface area contributed by atoms with Gasteiger partial charge in [-0.3, -0.25) is 0 Å². The SMILES string of the molecule is CCc1cc(CN)cc(OC(C)CC(C)C)n1. The van der Waals surface area contributed by atoms with Crippen LogP contribution in [-0.2, 0) is 13.0 Å². The lowest BCUT2D eigenvalue weighted by Gasteiger charge is -2.17. The van der Waals surface area contributed by atoms with Crippen molar-refractivity contribution in [2.75, 3.05) is 0 Å². The molecule has 1 unspecified atom stereocenters. The molecule has 0 saturated heterocycles. The van der Waals surface area contributed by atoms with Crippen LogP contribution in [0.3, 0.4) is 0 Å². The van der Waals surface area contributed by atoms with Crippen molar-refractivity contribution in [2.24, 2.45) is 11.7 Å². The average molecular weight is 236 g/mol. The number of pyridine rings is 1. The van der Waals surface area contributed by atoms with Crippen LogP contribution < -0.4 is 10.5 Å². The van der Waals surface area contributed by atoms with Gasteiger partial charge in [0.05, 0.1) is 6.10 Å². The molecule has 0 aliphatic heterocycles. The number of hydrogen-bond donors (Lipinski definition) is 1. The van der Waals surface area contributed by atoms with Gasteiger partial charge in [-0.2, -0.15) is 0 Å². The third kappa shape index (κ3) is 4.73. The first-order valence-corrected chi connectivity index (χ1v) is 6.41. The van der Waals surface area contributed by atoms with Crippen LogP contribution in [0, 0.1) is 5.92 Å². The molecule has 0 aromatic carbocycles. The topological polar surface area (TPSA) is 48.1 Å². The van der Waals surface area contributed by atoms with E-state index in [0.29, 0.717) is 18.3 Å². The predicted molar refractivity (Wildman–Crippen MR) is 71.1 cm³/mol. The summed E-state index contributed by atoms with van der Waals surface area (Å²) in [4.78, 5) is 4.47. The molecule has 0 bridgehead atoms. The summed E-state index contributed by atoms with van der Waals surface area (Å²) >= 11 is 0. The maximum absolute atomic E-state index is 5.84. The molecule has 1 atom stereocenters. The highest BCUT2D eigenvalue weighted by molar-refractivity contribution is 5.25. The lowest BCUT2D eigenvalue weighted by Crippen LogP contribution is -2.16. The molecule has 1 aromatic rings. The molecule has 0 saturated carbocycles. The van der Waals surface area contributed by atoms with Gasteiger partial charge in [-0.25, -0.2) is 4.98 Å². The van der Waals surface area contributed by atoms with Crippen molar-refractivity contribution in [1.29, 1.82) is 0 Å². The highest BCUT2D eigenvalue weighted by Crippen LogP contribution is 2.17. The summed E-state index contributed by atoms with van der Waals surface area (Å²) in [6.07, 6.45) is 2.14. The van der Waals surface area contributed by atoms with E-state index in [1.165, 1.54) is 0 Å². The summed E-state index contributed by atoms with van der Waals surface area (Å²) in [5.74, 6) is 1.34. The van der Waals surface area contributed by atoms with Gasteiger partial charge in [0.1, 0.15) is 0 Å². The smallest absolute Gasteiger partial charge is 0.214 e. The van der Waals surface area contributed by atoms with Gasteiger partial charge in [0.25, 0.3) is 0 Å². The number of aryl methyl sites for hydroxylation is 1. The van der Waals surface area contributed by atoms with Gasteiger partial charge in [0, 0.05) is 18.3 Å². The Labute approximate surface area is 104 Å². The predicted octanol–water partition coefficient (Wildman–Crippen LogP) is 2.92. The highest BCUT2D eigenvalue weighted by Gasteiger charge is 2.09. The first-order chi connectivity index (χ1) is 8.05. The maximum atomic E-state index is 5.84. The molecule has 1 rings (SSSR count). The summed E-state index contributed by atoms with van der Waals surface area (Å²) in [6.45, 7) is 9.10. The quantitative estimate of drug-likeness (QED) is 0.826. The number of hydrogen-bond acceptors (Lipinski definition) is 3. The number of aromatic nitrogens is 1. The molecule has 17 heavy (non-hydrogen) atoms. The summed E-state index contributed by atoms with van der Waals surface area (Å²) < 4.78 is 5.84. The first kappa shape index (κ1) is 14.0. The second-order valence-electron chi connectivity index (χ2n) is 4.92. The van der Waals surface area contributed by atoms with Crippen LogP contribution in [0.2, 0.25) is 0 Å². The molecule has 0 spiro atoms. The Bertz CT molecular complexity index is 328. The summed E-state index contributed by atoms with van der Waals surface area (Å²) in [5, 5.41) is 0. The van der Waals surface area contributed by atoms with Crippen LogP contribution in [0.25, 0.3) is 0 Å². The Morgan fingerprint density at radius 2 is 2.00 bits per heavy atom. The van der Waals surface area contributed by atoms with E-state index in [0.717, 1.165) is 24.1 Å². The van der Waals surface area contributed by atoms with Crippen molar-refractivity contribution in [3.05, 3.63) is 23.4 Å². The molecule has 3 nitrogen and oxygen atoms in total. The fourth-order valence-electron chi connectivity index (χ4n) is 1.90. The summed E-state index contributed by atoms with van der Waals surface area (Å²) in [5.41, 5.74) is 7.80. The van der Waals surface area contributed by atoms with Crippen molar-refractivity contribution in [3.8, 4) is 5.88 Å². The zero-order valence-electron chi connectivity index (χ0n) is 11.4. The van der Waals surface area contributed by atoms with Crippen LogP contribution in [0.5, 0.6) is 5.88 Å². The molecular weight excluding hydrogens is 212 g/mol. The van der Waals surface area contributed by atoms with Gasteiger partial charge in [-0.1, -0.05) is 20.8 Å². The van der Waals surface area contributed by atoms with Crippen LogP contribution in [0.1, 0.15) is 45.4 Å². The molecule has 2 N–H and O–H groups in total. The molecule has 3 heteroatoms. The molecule has 1 heterocycles. The fourth-order valence-corrected chi connectivity index (χ4v) is 1.90. The fraction of sp³-hybridized carbons (Fsp3) is 0.643. The van der Waals surface area contributed by atoms with Crippen molar-refractivity contribution < 1.29 is 4.74 Å². The lowest BCUT2D eigenvalue weighted by atomic mass is 10.1. The summed E-state index contributed by atoms with van der Waals surface area (Å²) in [7, 11) is 0. The van der Waals surface area contributed by atoms with Crippen molar-refractivity contribution >= 4 is 0 Å². The zero-order valence-corrected chi connectivity index (χ0v) is 11.4.